The number of carbonyl (C=O) groups is 1. The zero-order chi connectivity index (χ0) is 21.5. The highest BCUT2D eigenvalue weighted by Crippen LogP contribution is 2.24. The summed E-state index contributed by atoms with van der Waals surface area (Å²) in [5, 5.41) is 7.71. The lowest BCUT2D eigenvalue weighted by Gasteiger charge is -2.26. The minimum absolute atomic E-state index is 0.134. The molecule has 1 aliphatic rings. The third-order valence-electron chi connectivity index (χ3n) is 5.00. The molecule has 7 nitrogen and oxygen atoms in total. The highest BCUT2D eigenvalue weighted by Gasteiger charge is 2.14. The molecule has 3 aromatic rings. The highest BCUT2D eigenvalue weighted by molar-refractivity contribution is 7.98. The van der Waals surface area contributed by atoms with Crippen molar-refractivity contribution in [2.75, 3.05) is 26.3 Å². The van der Waals surface area contributed by atoms with Crippen molar-refractivity contribution in [2.24, 2.45) is 0 Å². The van der Waals surface area contributed by atoms with Crippen LogP contribution in [-0.4, -0.2) is 47.3 Å². The van der Waals surface area contributed by atoms with E-state index in [0.717, 1.165) is 49.9 Å². The van der Waals surface area contributed by atoms with Crippen molar-refractivity contribution >= 4 is 17.7 Å². The average molecular weight is 439 g/mol. The first-order chi connectivity index (χ1) is 15.2. The van der Waals surface area contributed by atoms with Gasteiger partial charge in [0.05, 0.1) is 24.5 Å². The van der Waals surface area contributed by atoms with Gasteiger partial charge in [-0.25, -0.2) is 4.98 Å². The second-order valence-electron chi connectivity index (χ2n) is 7.46. The van der Waals surface area contributed by atoms with Crippen LogP contribution in [0.2, 0.25) is 0 Å². The van der Waals surface area contributed by atoms with Crippen molar-refractivity contribution in [1.82, 2.24) is 20.4 Å². The average Bonchev–Trinajstić information content (AvgIpc) is 3.22. The summed E-state index contributed by atoms with van der Waals surface area (Å²) in [6.07, 6.45) is 1.70. The van der Waals surface area contributed by atoms with Crippen LogP contribution < -0.4 is 5.32 Å². The van der Waals surface area contributed by atoms with Crippen molar-refractivity contribution in [1.29, 1.82) is 0 Å². The molecular weight excluding hydrogens is 412 g/mol. The van der Waals surface area contributed by atoms with E-state index >= 15 is 0 Å². The van der Waals surface area contributed by atoms with Crippen molar-refractivity contribution < 1.29 is 14.1 Å². The van der Waals surface area contributed by atoms with E-state index in [1.165, 1.54) is 17.3 Å². The van der Waals surface area contributed by atoms with Gasteiger partial charge in [-0.1, -0.05) is 41.2 Å². The largest absolute Gasteiger partial charge is 0.379 e. The van der Waals surface area contributed by atoms with Gasteiger partial charge in [-0.3, -0.25) is 9.69 Å². The number of benzene rings is 1. The Balaban J connectivity index is 1.35. The molecule has 1 saturated heterocycles. The van der Waals surface area contributed by atoms with Gasteiger partial charge in [0.2, 0.25) is 0 Å². The normalized spacial score (nSPS) is 14.5. The van der Waals surface area contributed by atoms with Gasteiger partial charge in [0.25, 0.3) is 5.91 Å². The number of hydrogen-bond acceptors (Lipinski definition) is 7. The summed E-state index contributed by atoms with van der Waals surface area (Å²) in [6, 6.07) is 13.8. The standard InChI is InChI=1S/C23H26N4O3S/c1-17-12-20(26-30-17)16-31-23-21(6-3-7-24-23)22(28)25-14-18-4-2-5-19(13-18)15-27-8-10-29-11-9-27/h2-7,12-13H,8-11,14-16H2,1H3,(H,25,28). The molecule has 31 heavy (non-hydrogen) atoms. The summed E-state index contributed by atoms with van der Waals surface area (Å²) in [5.41, 5.74) is 3.72. The Bertz CT molecular complexity index is 1020. The summed E-state index contributed by atoms with van der Waals surface area (Å²) in [7, 11) is 0. The van der Waals surface area contributed by atoms with Crippen LogP contribution in [0.1, 0.15) is 32.9 Å². The Labute approximate surface area is 186 Å². The van der Waals surface area contributed by atoms with Crippen LogP contribution in [-0.2, 0) is 23.6 Å². The molecule has 0 spiro atoms. The molecule has 162 valence electrons. The van der Waals surface area contributed by atoms with Gasteiger partial charge in [0.15, 0.2) is 0 Å². The topological polar surface area (TPSA) is 80.5 Å². The molecule has 1 aromatic carbocycles. The number of aryl methyl sites for hydroxylation is 1. The molecule has 0 unspecified atom stereocenters. The predicted octanol–water partition coefficient (Wildman–Crippen LogP) is 3.43. The van der Waals surface area contributed by atoms with Gasteiger partial charge in [0, 0.05) is 44.2 Å². The van der Waals surface area contributed by atoms with E-state index in [2.05, 4.69) is 32.5 Å². The molecule has 4 rings (SSSR count). The Hall–Kier alpha value is -2.68. The van der Waals surface area contributed by atoms with Gasteiger partial charge >= 0.3 is 0 Å². The maximum atomic E-state index is 12.8. The van der Waals surface area contributed by atoms with E-state index in [4.69, 9.17) is 9.26 Å². The molecular formula is C23H26N4O3S. The van der Waals surface area contributed by atoms with Gasteiger partial charge in [-0.15, -0.1) is 0 Å². The molecule has 0 atom stereocenters. The smallest absolute Gasteiger partial charge is 0.254 e. The molecule has 0 saturated carbocycles. The lowest BCUT2D eigenvalue weighted by molar-refractivity contribution is 0.0342. The molecule has 1 fully saturated rings. The Morgan fingerprint density at radius 1 is 1.16 bits per heavy atom. The van der Waals surface area contributed by atoms with Crippen LogP contribution in [0.15, 0.2) is 58.2 Å². The quantitative estimate of drug-likeness (QED) is 0.540. The van der Waals surface area contributed by atoms with Crippen molar-refractivity contribution in [3.05, 3.63) is 76.8 Å². The van der Waals surface area contributed by atoms with Crippen molar-refractivity contribution in [3.63, 3.8) is 0 Å². The van der Waals surface area contributed by atoms with Crippen molar-refractivity contribution in [2.45, 2.75) is 30.8 Å². The summed E-state index contributed by atoms with van der Waals surface area (Å²) >= 11 is 1.48. The zero-order valence-electron chi connectivity index (χ0n) is 17.5. The van der Waals surface area contributed by atoms with Crippen LogP contribution in [0.3, 0.4) is 0 Å². The van der Waals surface area contributed by atoms with Gasteiger partial charge in [0.1, 0.15) is 10.8 Å². The first-order valence-electron chi connectivity index (χ1n) is 10.3. The van der Waals surface area contributed by atoms with Crippen LogP contribution in [0.4, 0.5) is 0 Å². The number of ether oxygens (including phenoxy) is 1. The SMILES string of the molecule is Cc1cc(CSc2ncccc2C(=O)NCc2cccc(CN3CCOCC3)c2)no1. The number of nitrogens with zero attached hydrogens (tertiary/aromatic N) is 3. The predicted molar refractivity (Wildman–Crippen MR) is 119 cm³/mol. The maximum Gasteiger partial charge on any atom is 0.254 e. The number of amides is 1. The maximum absolute atomic E-state index is 12.8. The van der Waals surface area contributed by atoms with E-state index in [9.17, 15) is 4.79 Å². The Kier molecular flexibility index (Phi) is 7.35. The van der Waals surface area contributed by atoms with Gasteiger partial charge in [-0.05, 0) is 30.2 Å². The van der Waals surface area contributed by atoms with E-state index in [1.807, 2.05) is 25.1 Å². The molecule has 8 heteroatoms. The fourth-order valence-electron chi connectivity index (χ4n) is 3.44. The van der Waals surface area contributed by atoms with E-state index < -0.39 is 0 Å². The number of morpholine rings is 1. The number of carbonyl (C=O) groups excluding carboxylic acids is 1. The lowest BCUT2D eigenvalue weighted by atomic mass is 10.1. The third-order valence-corrected chi connectivity index (χ3v) is 6.04. The molecule has 2 aromatic heterocycles. The van der Waals surface area contributed by atoms with E-state index in [-0.39, 0.29) is 5.91 Å². The minimum atomic E-state index is -0.134. The highest BCUT2D eigenvalue weighted by atomic mass is 32.2. The first kappa shape index (κ1) is 21.5. The third kappa shape index (κ3) is 6.16. The van der Waals surface area contributed by atoms with Gasteiger partial charge < -0.3 is 14.6 Å². The summed E-state index contributed by atoms with van der Waals surface area (Å²) < 4.78 is 10.5. The lowest BCUT2D eigenvalue weighted by Crippen LogP contribution is -2.35. The second kappa shape index (κ2) is 10.6. The molecule has 0 radical (unpaired) electrons. The molecule has 0 aliphatic carbocycles. The molecule has 1 aliphatic heterocycles. The fraction of sp³-hybridized carbons (Fsp3) is 0.348. The number of aromatic nitrogens is 2. The van der Waals surface area contributed by atoms with Crippen molar-refractivity contribution in [3.8, 4) is 0 Å². The number of thioether (sulfide) groups is 1. The summed E-state index contributed by atoms with van der Waals surface area (Å²) in [6.45, 7) is 6.71. The van der Waals surface area contributed by atoms with Crippen LogP contribution in [0, 0.1) is 6.92 Å². The molecule has 3 heterocycles. The van der Waals surface area contributed by atoms with Crippen LogP contribution in [0.5, 0.6) is 0 Å². The van der Waals surface area contributed by atoms with Crippen LogP contribution in [0.25, 0.3) is 0 Å². The minimum Gasteiger partial charge on any atom is -0.379 e. The first-order valence-corrected chi connectivity index (χ1v) is 11.3. The Morgan fingerprint density at radius 2 is 2.00 bits per heavy atom. The summed E-state index contributed by atoms with van der Waals surface area (Å²) in [5.74, 6) is 1.23. The number of hydrogen-bond donors (Lipinski definition) is 1. The molecule has 1 N–H and O–H groups in total. The Morgan fingerprint density at radius 3 is 2.81 bits per heavy atom. The van der Waals surface area contributed by atoms with E-state index in [0.29, 0.717) is 22.9 Å². The number of rotatable bonds is 8. The zero-order valence-corrected chi connectivity index (χ0v) is 18.4. The fourth-order valence-corrected chi connectivity index (χ4v) is 4.31. The second-order valence-corrected chi connectivity index (χ2v) is 8.43. The van der Waals surface area contributed by atoms with Gasteiger partial charge in [-0.2, -0.15) is 0 Å². The monoisotopic (exact) mass is 438 g/mol. The number of pyridine rings is 1. The summed E-state index contributed by atoms with van der Waals surface area (Å²) in [4.78, 5) is 19.6. The molecule has 0 bridgehead atoms. The van der Waals surface area contributed by atoms with Crippen LogP contribution >= 0.6 is 11.8 Å². The molecule has 1 amide bonds. The number of nitrogens with one attached hydrogen (secondary N) is 1. The van der Waals surface area contributed by atoms with E-state index in [1.54, 1.807) is 18.3 Å².